The highest BCUT2D eigenvalue weighted by Crippen LogP contribution is 2.31. The molecule has 1 aromatic carbocycles. The van der Waals surface area contributed by atoms with Crippen LogP contribution >= 0.6 is 0 Å². The predicted octanol–water partition coefficient (Wildman–Crippen LogP) is 1.98. The van der Waals surface area contributed by atoms with Crippen LogP contribution in [0.2, 0.25) is 0 Å². The van der Waals surface area contributed by atoms with E-state index in [4.69, 9.17) is 0 Å². The Kier molecular flexibility index (Phi) is 6.03. The second-order valence-electron chi connectivity index (χ2n) is 8.16. The Balaban J connectivity index is 1.65. The van der Waals surface area contributed by atoms with Gasteiger partial charge in [0.05, 0.1) is 5.60 Å². The molecule has 0 radical (unpaired) electrons. The highest BCUT2D eigenvalue weighted by molar-refractivity contribution is 6.39. The molecule has 1 fully saturated rings. The summed E-state index contributed by atoms with van der Waals surface area (Å²) in [5.41, 5.74) is 1.43. The zero-order valence-electron chi connectivity index (χ0n) is 16.6. The van der Waals surface area contributed by atoms with Crippen molar-refractivity contribution in [3.63, 3.8) is 0 Å². The summed E-state index contributed by atoms with van der Waals surface area (Å²) in [6, 6.07) is 5.40. The van der Waals surface area contributed by atoms with E-state index in [-0.39, 0.29) is 18.4 Å². The van der Waals surface area contributed by atoms with Crippen molar-refractivity contribution in [3.05, 3.63) is 23.8 Å². The van der Waals surface area contributed by atoms with Gasteiger partial charge in [0.1, 0.15) is 0 Å². The van der Waals surface area contributed by atoms with E-state index in [0.717, 1.165) is 36.9 Å². The topological polar surface area (TPSA) is 98.7 Å². The first-order valence-corrected chi connectivity index (χ1v) is 10.0. The van der Waals surface area contributed by atoms with E-state index in [1.54, 1.807) is 17.0 Å². The minimum absolute atomic E-state index is 0.0481. The molecule has 0 saturated heterocycles. The molecular weight excluding hydrogens is 358 g/mol. The lowest BCUT2D eigenvalue weighted by Crippen LogP contribution is -2.44. The van der Waals surface area contributed by atoms with Gasteiger partial charge in [-0.25, -0.2) is 0 Å². The number of nitrogens with zero attached hydrogens (tertiary/aromatic N) is 1. The Morgan fingerprint density at radius 2 is 1.86 bits per heavy atom. The van der Waals surface area contributed by atoms with Gasteiger partial charge < -0.3 is 20.6 Å². The number of carbonyl (C=O) groups excluding carboxylic acids is 3. The van der Waals surface area contributed by atoms with Crippen LogP contribution in [0.4, 0.5) is 11.4 Å². The maximum Gasteiger partial charge on any atom is 0.313 e. The Bertz CT molecular complexity index is 769. The number of hydrogen-bond acceptors (Lipinski definition) is 4. The molecule has 1 aliphatic carbocycles. The molecule has 0 atom stereocenters. The highest BCUT2D eigenvalue weighted by atomic mass is 16.3. The summed E-state index contributed by atoms with van der Waals surface area (Å²) in [4.78, 5) is 38.6. The zero-order chi connectivity index (χ0) is 20.3. The largest absolute Gasteiger partial charge is 0.388 e. The van der Waals surface area contributed by atoms with Crippen LogP contribution in [-0.4, -0.2) is 41.5 Å². The third-order valence-corrected chi connectivity index (χ3v) is 5.54. The van der Waals surface area contributed by atoms with Crippen LogP contribution in [-0.2, 0) is 20.8 Å². The minimum Gasteiger partial charge on any atom is -0.388 e. The summed E-state index contributed by atoms with van der Waals surface area (Å²) in [6.45, 7) is 4.47. The summed E-state index contributed by atoms with van der Waals surface area (Å²) in [5, 5.41) is 15.4. The fraction of sp³-hybridized carbons (Fsp3) is 0.571. The first-order valence-electron chi connectivity index (χ1n) is 10.0. The summed E-state index contributed by atoms with van der Waals surface area (Å²) >= 11 is 0. The van der Waals surface area contributed by atoms with Crippen molar-refractivity contribution in [2.45, 2.75) is 58.0 Å². The van der Waals surface area contributed by atoms with Crippen molar-refractivity contribution in [1.82, 2.24) is 5.32 Å². The Hall–Kier alpha value is -2.41. The van der Waals surface area contributed by atoms with Gasteiger partial charge in [0.15, 0.2) is 0 Å². The minimum atomic E-state index is -0.903. The molecule has 28 heavy (non-hydrogen) atoms. The van der Waals surface area contributed by atoms with E-state index in [1.165, 1.54) is 0 Å². The van der Waals surface area contributed by atoms with Crippen LogP contribution in [0.5, 0.6) is 0 Å². The second kappa shape index (κ2) is 8.31. The lowest BCUT2D eigenvalue weighted by atomic mass is 9.99. The molecule has 1 aromatic rings. The van der Waals surface area contributed by atoms with Gasteiger partial charge in [-0.2, -0.15) is 0 Å². The number of fused-ring (bicyclic) bond motifs is 1. The molecule has 2 aliphatic rings. The van der Waals surface area contributed by atoms with Gasteiger partial charge in [-0.15, -0.1) is 0 Å². The number of nitrogens with one attached hydrogen (secondary N) is 2. The van der Waals surface area contributed by atoms with E-state index < -0.39 is 17.4 Å². The molecule has 3 amide bonds. The average molecular weight is 387 g/mol. The van der Waals surface area contributed by atoms with Crippen LogP contribution in [0.3, 0.4) is 0 Å². The molecule has 1 heterocycles. The van der Waals surface area contributed by atoms with Gasteiger partial charge in [0, 0.05) is 30.4 Å². The standard InChI is InChI=1S/C21H29N3O4/c1-14(2)20(27)24-11-5-6-15-7-8-16(12-17(15)24)23-19(26)18(25)22-13-21(28)9-3-4-10-21/h7-8,12,14,28H,3-6,9-11,13H2,1-2H3,(H,22,25)(H,23,26). The molecule has 3 rings (SSSR count). The number of anilines is 2. The van der Waals surface area contributed by atoms with Crippen LogP contribution in [0.15, 0.2) is 18.2 Å². The zero-order valence-corrected chi connectivity index (χ0v) is 16.6. The van der Waals surface area contributed by atoms with Crippen LogP contribution in [0, 0.1) is 5.92 Å². The monoisotopic (exact) mass is 387 g/mol. The fourth-order valence-corrected chi connectivity index (χ4v) is 3.92. The van der Waals surface area contributed by atoms with Crippen LogP contribution in [0.25, 0.3) is 0 Å². The molecular formula is C21H29N3O4. The maximum absolute atomic E-state index is 12.5. The fourth-order valence-electron chi connectivity index (χ4n) is 3.92. The molecule has 0 unspecified atom stereocenters. The third-order valence-electron chi connectivity index (χ3n) is 5.54. The van der Waals surface area contributed by atoms with E-state index in [2.05, 4.69) is 10.6 Å². The van der Waals surface area contributed by atoms with Gasteiger partial charge in [-0.3, -0.25) is 14.4 Å². The first-order chi connectivity index (χ1) is 13.3. The lowest BCUT2D eigenvalue weighted by molar-refractivity contribution is -0.136. The van der Waals surface area contributed by atoms with Gasteiger partial charge in [0.25, 0.3) is 0 Å². The van der Waals surface area contributed by atoms with E-state index in [0.29, 0.717) is 25.1 Å². The smallest absolute Gasteiger partial charge is 0.313 e. The molecule has 0 spiro atoms. The molecule has 7 nitrogen and oxygen atoms in total. The van der Waals surface area contributed by atoms with Crippen molar-refractivity contribution in [1.29, 1.82) is 0 Å². The van der Waals surface area contributed by atoms with Gasteiger partial charge in [0.2, 0.25) is 5.91 Å². The molecule has 152 valence electrons. The van der Waals surface area contributed by atoms with Crippen molar-refractivity contribution in [3.8, 4) is 0 Å². The van der Waals surface area contributed by atoms with Gasteiger partial charge in [-0.05, 0) is 43.4 Å². The van der Waals surface area contributed by atoms with Crippen LogP contribution in [0.1, 0.15) is 51.5 Å². The molecule has 7 heteroatoms. The summed E-state index contributed by atoms with van der Waals surface area (Å²) in [5.74, 6) is -1.62. The van der Waals surface area contributed by atoms with Crippen molar-refractivity contribution < 1.29 is 19.5 Å². The first kappa shape index (κ1) is 20.3. The second-order valence-corrected chi connectivity index (χ2v) is 8.16. The van der Waals surface area contributed by atoms with Crippen molar-refractivity contribution in [2.24, 2.45) is 5.92 Å². The quantitative estimate of drug-likeness (QED) is 0.688. The predicted molar refractivity (Wildman–Crippen MR) is 107 cm³/mol. The molecule has 0 aromatic heterocycles. The molecule has 0 bridgehead atoms. The number of aliphatic hydroxyl groups is 1. The Morgan fingerprint density at radius 3 is 2.54 bits per heavy atom. The third kappa shape index (κ3) is 4.52. The van der Waals surface area contributed by atoms with Crippen molar-refractivity contribution >= 4 is 29.1 Å². The van der Waals surface area contributed by atoms with Gasteiger partial charge >= 0.3 is 11.8 Å². The van der Waals surface area contributed by atoms with Crippen molar-refractivity contribution in [2.75, 3.05) is 23.3 Å². The normalized spacial score (nSPS) is 17.9. The maximum atomic E-state index is 12.5. The molecule has 1 saturated carbocycles. The molecule has 3 N–H and O–H groups in total. The average Bonchev–Trinajstić information content (AvgIpc) is 3.11. The molecule has 1 aliphatic heterocycles. The SMILES string of the molecule is CC(C)C(=O)N1CCCc2ccc(NC(=O)C(=O)NCC3(O)CCCC3)cc21. The number of amides is 3. The summed E-state index contributed by atoms with van der Waals surface area (Å²) in [7, 11) is 0. The van der Waals surface area contributed by atoms with Crippen LogP contribution < -0.4 is 15.5 Å². The highest BCUT2D eigenvalue weighted by Gasteiger charge is 2.32. The summed E-state index contributed by atoms with van der Waals surface area (Å²) < 4.78 is 0. The number of aryl methyl sites for hydroxylation is 1. The number of rotatable bonds is 4. The number of carbonyl (C=O) groups is 3. The van der Waals surface area contributed by atoms with E-state index >= 15 is 0 Å². The summed E-state index contributed by atoms with van der Waals surface area (Å²) in [6.07, 6.45) is 4.92. The van der Waals surface area contributed by atoms with Gasteiger partial charge in [-0.1, -0.05) is 32.8 Å². The Labute approximate surface area is 165 Å². The van der Waals surface area contributed by atoms with E-state index in [9.17, 15) is 19.5 Å². The number of hydrogen-bond donors (Lipinski definition) is 3. The van der Waals surface area contributed by atoms with E-state index in [1.807, 2.05) is 19.9 Å². The number of benzene rings is 1. The Morgan fingerprint density at radius 1 is 1.14 bits per heavy atom. The lowest BCUT2D eigenvalue weighted by Gasteiger charge is -2.31.